The molecule has 1 atom stereocenters. The molecule has 3 rings (SSSR count). The summed E-state index contributed by atoms with van der Waals surface area (Å²) in [6.45, 7) is 5.10. The molecule has 0 spiro atoms. The number of likely N-dealkylation sites (tertiary alicyclic amines) is 1. The number of aryl methyl sites for hydroxylation is 1. The molecule has 6 heteroatoms. The number of hydrogen-bond acceptors (Lipinski definition) is 5. The molecule has 0 saturated carbocycles. The first-order chi connectivity index (χ1) is 10.8. The maximum Gasteiger partial charge on any atom is 0.222 e. The summed E-state index contributed by atoms with van der Waals surface area (Å²) >= 11 is 0. The van der Waals surface area contributed by atoms with E-state index in [1.54, 1.807) is 0 Å². The number of imidazole rings is 1. The van der Waals surface area contributed by atoms with Gasteiger partial charge in [0.25, 0.3) is 0 Å². The van der Waals surface area contributed by atoms with E-state index >= 15 is 0 Å². The predicted molar refractivity (Wildman–Crippen MR) is 86.5 cm³/mol. The average Bonchev–Trinajstić information content (AvgIpc) is 3.02. The molecule has 2 aromatic heterocycles. The van der Waals surface area contributed by atoms with Crippen molar-refractivity contribution in [3.63, 3.8) is 0 Å². The van der Waals surface area contributed by atoms with E-state index in [0.29, 0.717) is 12.0 Å². The first-order valence-electron chi connectivity index (χ1n) is 8.06. The summed E-state index contributed by atoms with van der Waals surface area (Å²) in [6.07, 6.45) is 9.43. The van der Waals surface area contributed by atoms with Crippen molar-refractivity contribution in [3.8, 4) is 0 Å². The monoisotopic (exact) mass is 300 g/mol. The maximum atomic E-state index is 4.65. The molecule has 0 radical (unpaired) electrons. The number of aromatic nitrogens is 4. The predicted octanol–water partition coefficient (Wildman–Crippen LogP) is 2.46. The second-order valence-corrected chi connectivity index (χ2v) is 5.67. The normalized spacial score (nSPS) is 19.3. The largest absolute Gasteiger partial charge is 0.357 e. The third-order valence-corrected chi connectivity index (χ3v) is 4.34. The fourth-order valence-electron chi connectivity index (χ4n) is 3.16. The van der Waals surface area contributed by atoms with Crippen LogP contribution in [0.2, 0.25) is 0 Å². The minimum absolute atomic E-state index is 0.353. The Morgan fingerprint density at radius 2 is 2.18 bits per heavy atom. The first-order valence-corrected chi connectivity index (χ1v) is 8.06. The Kier molecular flexibility index (Phi) is 4.68. The van der Waals surface area contributed by atoms with Crippen LogP contribution in [0, 0.1) is 0 Å². The molecule has 3 heterocycles. The smallest absolute Gasteiger partial charge is 0.222 e. The van der Waals surface area contributed by atoms with E-state index in [1.807, 2.05) is 25.5 Å². The zero-order valence-corrected chi connectivity index (χ0v) is 13.4. The highest BCUT2D eigenvalue weighted by Gasteiger charge is 2.26. The Bertz CT molecular complexity index is 608. The number of rotatable bonds is 5. The topological polar surface area (TPSA) is 58.9 Å². The van der Waals surface area contributed by atoms with Gasteiger partial charge in [-0.2, -0.15) is 0 Å². The van der Waals surface area contributed by atoms with Crippen LogP contribution in [0.1, 0.15) is 43.7 Å². The molecule has 1 aliphatic heterocycles. The van der Waals surface area contributed by atoms with Gasteiger partial charge in [-0.1, -0.05) is 6.42 Å². The van der Waals surface area contributed by atoms with Crippen LogP contribution in [-0.4, -0.2) is 38.0 Å². The summed E-state index contributed by atoms with van der Waals surface area (Å²) in [4.78, 5) is 15.9. The zero-order valence-electron chi connectivity index (χ0n) is 13.4. The van der Waals surface area contributed by atoms with E-state index in [9.17, 15) is 0 Å². The number of nitrogens with one attached hydrogen (secondary N) is 1. The average molecular weight is 300 g/mol. The summed E-state index contributed by atoms with van der Waals surface area (Å²) in [6, 6.07) is 2.39. The van der Waals surface area contributed by atoms with Crippen molar-refractivity contribution in [2.75, 3.05) is 18.9 Å². The van der Waals surface area contributed by atoms with E-state index in [0.717, 1.165) is 37.6 Å². The molecule has 0 amide bonds. The first kappa shape index (κ1) is 15.0. The van der Waals surface area contributed by atoms with Crippen molar-refractivity contribution in [1.82, 2.24) is 24.4 Å². The molecule has 1 saturated heterocycles. The molecule has 22 heavy (non-hydrogen) atoms. The lowest BCUT2D eigenvalue weighted by atomic mass is 9.99. The minimum atomic E-state index is 0.353. The van der Waals surface area contributed by atoms with Gasteiger partial charge in [0.15, 0.2) is 0 Å². The van der Waals surface area contributed by atoms with Crippen molar-refractivity contribution < 1.29 is 0 Å². The van der Waals surface area contributed by atoms with Gasteiger partial charge in [0.05, 0.1) is 18.3 Å². The number of piperidine rings is 1. The van der Waals surface area contributed by atoms with Crippen LogP contribution in [-0.2, 0) is 13.1 Å². The second kappa shape index (κ2) is 6.87. The SMILES string of the molecule is CCn1ccnc1CN1CCCC[C@@H]1c1ccnc(NC)n1. The Balaban J connectivity index is 1.81. The Labute approximate surface area is 131 Å². The van der Waals surface area contributed by atoms with Crippen molar-refractivity contribution in [2.45, 2.75) is 45.3 Å². The molecule has 1 fully saturated rings. The van der Waals surface area contributed by atoms with Crippen molar-refractivity contribution in [2.24, 2.45) is 0 Å². The quantitative estimate of drug-likeness (QED) is 0.919. The lowest BCUT2D eigenvalue weighted by Gasteiger charge is -2.35. The van der Waals surface area contributed by atoms with E-state index < -0.39 is 0 Å². The minimum Gasteiger partial charge on any atom is -0.357 e. The van der Waals surface area contributed by atoms with Crippen LogP contribution in [0.4, 0.5) is 5.95 Å². The van der Waals surface area contributed by atoms with Crippen LogP contribution in [0.25, 0.3) is 0 Å². The molecule has 0 aliphatic carbocycles. The highest BCUT2D eigenvalue weighted by Crippen LogP contribution is 2.31. The molecule has 0 aromatic carbocycles. The van der Waals surface area contributed by atoms with Gasteiger partial charge < -0.3 is 9.88 Å². The van der Waals surface area contributed by atoms with Crippen molar-refractivity contribution in [3.05, 3.63) is 36.2 Å². The van der Waals surface area contributed by atoms with E-state index in [4.69, 9.17) is 0 Å². The molecular formula is C16H24N6. The van der Waals surface area contributed by atoms with Gasteiger partial charge in [0, 0.05) is 32.2 Å². The van der Waals surface area contributed by atoms with Gasteiger partial charge in [-0.15, -0.1) is 0 Å². The lowest BCUT2D eigenvalue weighted by Crippen LogP contribution is -2.34. The van der Waals surface area contributed by atoms with E-state index in [-0.39, 0.29) is 0 Å². The molecule has 6 nitrogen and oxygen atoms in total. The van der Waals surface area contributed by atoms with Crippen LogP contribution in [0.15, 0.2) is 24.7 Å². The highest BCUT2D eigenvalue weighted by atomic mass is 15.2. The highest BCUT2D eigenvalue weighted by molar-refractivity contribution is 5.25. The molecule has 1 aliphatic rings. The summed E-state index contributed by atoms with van der Waals surface area (Å²) in [5.74, 6) is 1.83. The second-order valence-electron chi connectivity index (χ2n) is 5.67. The van der Waals surface area contributed by atoms with Gasteiger partial charge in [-0.05, 0) is 32.4 Å². The van der Waals surface area contributed by atoms with Gasteiger partial charge in [-0.25, -0.2) is 15.0 Å². The number of hydrogen-bond donors (Lipinski definition) is 1. The summed E-state index contributed by atoms with van der Waals surface area (Å²) < 4.78 is 2.21. The third kappa shape index (κ3) is 3.11. The lowest BCUT2D eigenvalue weighted by molar-refractivity contribution is 0.132. The Morgan fingerprint density at radius 1 is 1.27 bits per heavy atom. The maximum absolute atomic E-state index is 4.65. The summed E-state index contributed by atoms with van der Waals surface area (Å²) in [5.41, 5.74) is 1.11. The molecule has 118 valence electrons. The van der Waals surface area contributed by atoms with E-state index in [2.05, 4.69) is 42.9 Å². The van der Waals surface area contributed by atoms with Crippen molar-refractivity contribution >= 4 is 5.95 Å². The molecule has 0 bridgehead atoms. The molecule has 2 aromatic rings. The fourth-order valence-corrected chi connectivity index (χ4v) is 3.16. The molecule has 1 N–H and O–H groups in total. The van der Waals surface area contributed by atoms with Crippen LogP contribution in [0.3, 0.4) is 0 Å². The van der Waals surface area contributed by atoms with Crippen LogP contribution in [0.5, 0.6) is 0 Å². The zero-order chi connectivity index (χ0) is 15.4. The van der Waals surface area contributed by atoms with Crippen molar-refractivity contribution in [1.29, 1.82) is 0 Å². The third-order valence-electron chi connectivity index (χ3n) is 4.34. The molecular weight excluding hydrogens is 276 g/mol. The van der Waals surface area contributed by atoms with E-state index in [1.165, 1.54) is 12.8 Å². The van der Waals surface area contributed by atoms with Gasteiger partial charge >= 0.3 is 0 Å². The van der Waals surface area contributed by atoms with Gasteiger partial charge in [0.2, 0.25) is 5.95 Å². The van der Waals surface area contributed by atoms with Gasteiger partial charge in [-0.3, -0.25) is 4.90 Å². The Hall–Kier alpha value is -1.95. The van der Waals surface area contributed by atoms with Crippen LogP contribution >= 0.6 is 0 Å². The summed E-state index contributed by atoms with van der Waals surface area (Å²) in [5, 5.41) is 3.03. The fraction of sp³-hybridized carbons (Fsp3) is 0.562. The Morgan fingerprint density at radius 3 is 3.00 bits per heavy atom. The number of nitrogens with zero attached hydrogens (tertiary/aromatic N) is 5. The molecule has 0 unspecified atom stereocenters. The number of anilines is 1. The summed E-state index contributed by atoms with van der Waals surface area (Å²) in [7, 11) is 1.86. The van der Waals surface area contributed by atoms with Gasteiger partial charge in [0.1, 0.15) is 5.82 Å². The van der Waals surface area contributed by atoms with Crippen LogP contribution < -0.4 is 5.32 Å². The standard InChI is InChI=1S/C16H24N6/c1-3-21-11-9-18-15(21)12-22-10-5-4-6-14(22)13-7-8-19-16(17-2)20-13/h7-9,11,14H,3-6,10,12H2,1-2H3,(H,17,19,20)/t14-/m1/s1.